The number of halogens is 3. The number of pyridine rings is 1. The number of alkyl halides is 3. The van der Waals surface area contributed by atoms with Gasteiger partial charge in [0.15, 0.2) is 11.9 Å². The molecule has 1 saturated carbocycles. The lowest BCUT2D eigenvalue weighted by Crippen LogP contribution is -2.31. The highest BCUT2D eigenvalue weighted by Crippen LogP contribution is 2.45. The minimum atomic E-state index is -4.49. The van der Waals surface area contributed by atoms with E-state index in [1.807, 2.05) is 20.8 Å². The summed E-state index contributed by atoms with van der Waals surface area (Å²) in [7, 11) is 0. The first kappa shape index (κ1) is 20.2. The van der Waals surface area contributed by atoms with Crippen molar-refractivity contribution in [1.82, 2.24) is 4.98 Å². The Hall–Kier alpha value is -2.10. The number of ether oxygens (including phenoxy) is 1. The summed E-state index contributed by atoms with van der Waals surface area (Å²) in [5.41, 5.74) is 0.247. The number of nitrogens with zero attached hydrogens (tertiary/aromatic N) is 2. The summed E-state index contributed by atoms with van der Waals surface area (Å²) in [6.45, 7) is 6.51. The second kappa shape index (κ2) is 7.26. The molecule has 1 aromatic heterocycles. The maximum absolute atomic E-state index is 12.8. The van der Waals surface area contributed by atoms with Gasteiger partial charge in [0.25, 0.3) is 0 Å². The molecule has 1 unspecified atom stereocenters. The van der Waals surface area contributed by atoms with Crippen molar-refractivity contribution < 1.29 is 22.7 Å². The molecule has 0 spiro atoms. The molecule has 7 heteroatoms. The summed E-state index contributed by atoms with van der Waals surface area (Å²) < 4.78 is 43.7. The molecule has 1 aliphatic carbocycles. The van der Waals surface area contributed by atoms with E-state index in [1.54, 1.807) is 0 Å². The fraction of sp³-hybridized carbons (Fsp3) is 0.632. The molecule has 1 fully saturated rings. The first-order chi connectivity index (χ1) is 11.9. The Morgan fingerprint density at radius 3 is 2.46 bits per heavy atom. The minimum absolute atomic E-state index is 0.0308. The first-order valence-electron chi connectivity index (χ1n) is 8.59. The SMILES string of the molecule is C[C@H](Oc1cc(C(=O)CC(C#N)C(C)(C)C)ncc1C1CC1)C(F)(F)F. The average Bonchev–Trinajstić information content (AvgIpc) is 3.34. The zero-order valence-electron chi connectivity index (χ0n) is 15.4. The van der Waals surface area contributed by atoms with E-state index in [4.69, 9.17) is 4.74 Å². The summed E-state index contributed by atoms with van der Waals surface area (Å²) in [6.07, 6.45) is -3.34. The van der Waals surface area contributed by atoms with Gasteiger partial charge in [0, 0.05) is 24.2 Å². The van der Waals surface area contributed by atoms with Crippen molar-refractivity contribution in [3.05, 3.63) is 23.5 Å². The van der Waals surface area contributed by atoms with Crippen molar-refractivity contribution in [2.75, 3.05) is 0 Å². The van der Waals surface area contributed by atoms with E-state index in [2.05, 4.69) is 11.1 Å². The maximum atomic E-state index is 12.8. The summed E-state index contributed by atoms with van der Waals surface area (Å²) in [5.74, 6) is -0.708. The summed E-state index contributed by atoms with van der Waals surface area (Å²) in [5, 5.41) is 9.27. The lowest BCUT2D eigenvalue weighted by atomic mass is 9.78. The summed E-state index contributed by atoms with van der Waals surface area (Å²) in [4.78, 5) is 16.6. The molecule has 1 aliphatic rings. The van der Waals surface area contributed by atoms with Gasteiger partial charge in [-0.2, -0.15) is 18.4 Å². The molecule has 0 saturated heterocycles. The number of carbonyl (C=O) groups excluding carboxylic acids is 1. The number of ketones is 1. The van der Waals surface area contributed by atoms with Gasteiger partial charge in [-0.15, -0.1) is 0 Å². The van der Waals surface area contributed by atoms with Gasteiger partial charge in [0.05, 0.1) is 12.0 Å². The Bertz CT molecular complexity index is 713. The van der Waals surface area contributed by atoms with Gasteiger partial charge in [0.1, 0.15) is 11.4 Å². The molecule has 1 heterocycles. The number of carbonyl (C=O) groups is 1. The Morgan fingerprint density at radius 2 is 2.00 bits per heavy atom. The van der Waals surface area contributed by atoms with Crippen LogP contribution in [0.5, 0.6) is 5.75 Å². The fourth-order valence-electron chi connectivity index (χ4n) is 2.50. The lowest BCUT2D eigenvalue weighted by molar-refractivity contribution is -0.189. The zero-order chi connectivity index (χ0) is 19.7. The van der Waals surface area contributed by atoms with Crippen LogP contribution in [0, 0.1) is 22.7 Å². The monoisotopic (exact) mass is 368 g/mol. The number of aromatic nitrogens is 1. The van der Waals surface area contributed by atoms with E-state index >= 15 is 0 Å². The van der Waals surface area contributed by atoms with Crippen LogP contribution < -0.4 is 4.74 Å². The van der Waals surface area contributed by atoms with Crippen molar-refractivity contribution in [3.8, 4) is 11.8 Å². The van der Waals surface area contributed by atoms with E-state index < -0.39 is 18.2 Å². The van der Waals surface area contributed by atoms with Crippen molar-refractivity contribution in [1.29, 1.82) is 5.26 Å². The molecule has 2 atom stereocenters. The third kappa shape index (κ3) is 4.96. The molecule has 4 nitrogen and oxygen atoms in total. The number of nitriles is 1. The van der Waals surface area contributed by atoms with Crippen LogP contribution in [0.3, 0.4) is 0 Å². The smallest absolute Gasteiger partial charge is 0.425 e. The van der Waals surface area contributed by atoms with Gasteiger partial charge in [-0.05, 0) is 31.1 Å². The Kier molecular flexibility index (Phi) is 5.64. The van der Waals surface area contributed by atoms with Gasteiger partial charge in [0.2, 0.25) is 0 Å². The van der Waals surface area contributed by atoms with Crippen LogP contribution in [-0.4, -0.2) is 23.0 Å². The van der Waals surface area contributed by atoms with Crippen molar-refractivity contribution in [3.63, 3.8) is 0 Å². The standard InChI is InChI=1S/C19H23F3N2O2/c1-11(19(20,21)22)26-17-8-15(24-10-14(17)12-5-6-12)16(25)7-13(9-23)18(2,3)4/h8,10-13H,5-7H2,1-4H3/t11-,13?/m0/s1. The highest BCUT2D eigenvalue weighted by atomic mass is 19.4. The molecule has 0 amide bonds. The van der Waals surface area contributed by atoms with Gasteiger partial charge < -0.3 is 4.74 Å². The normalized spacial score (nSPS) is 17.3. The van der Waals surface area contributed by atoms with E-state index in [0.29, 0.717) is 5.56 Å². The molecule has 1 aromatic rings. The van der Waals surface area contributed by atoms with Crippen LogP contribution in [0.15, 0.2) is 12.3 Å². The third-order valence-electron chi connectivity index (χ3n) is 4.55. The van der Waals surface area contributed by atoms with Crippen LogP contribution in [-0.2, 0) is 0 Å². The number of hydrogen-bond acceptors (Lipinski definition) is 4. The van der Waals surface area contributed by atoms with Crippen LogP contribution in [0.4, 0.5) is 13.2 Å². The van der Waals surface area contributed by atoms with Gasteiger partial charge >= 0.3 is 6.18 Å². The topological polar surface area (TPSA) is 63.0 Å². The number of hydrogen-bond donors (Lipinski definition) is 0. The molecule has 26 heavy (non-hydrogen) atoms. The van der Waals surface area contributed by atoms with E-state index in [9.17, 15) is 23.2 Å². The first-order valence-corrected chi connectivity index (χ1v) is 8.59. The van der Waals surface area contributed by atoms with E-state index in [1.165, 1.54) is 12.3 Å². The fourth-order valence-corrected chi connectivity index (χ4v) is 2.50. The predicted octanol–water partition coefficient (Wildman–Crippen LogP) is 5.05. The van der Waals surface area contributed by atoms with Gasteiger partial charge in [-0.3, -0.25) is 9.78 Å². The van der Waals surface area contributed by atoms with Gasteiger partial charge in [-0.25, -0.2) is 0 Å². The Balaban J connectivity index is 2.26. The van der Waals surface area contributed by atoms with E-state index in [0.717, 1.165) is 19.8 Å². The van der Waals surface area contributed by atoms with Gasteiger partial charge in [-0.1, -0.05) is 20.8 Å². The van der Waals surface area contributed by atoms with Crippen LogP contribution in [0.1, 0.15) is 68.9 Å². The average molecular weight is 368 g/mol. The predicted molar refractivity (Wildman–Crippen MR) is 89.9 cm³/mol. The van der Waals surface area contributed by atoms with Crippen LogP contribution in [0.2, 0.25) is 0 Å². The van der Waals surface area contributed by atoms with Crippen molar-refractivity contribution >= 4 is 5.78 Å². The lowest BCUT2D eigenvalue weighted by Gasteiger charge is -2.24. The molecule has 0 bridgehead atoms. The number of rotatable bonds is 6. The second-order valence-electron chi connectivity index (χ2n) is 7.86. The highest BCUT2D eigenvalue weighted by Gasteiger charge is 2.39. The molecule has 2 rings (SSSR count). The summed E-state index contributed by atoms with van der Waals surface area (Å²) in [6, 6.07) is 3.41. The minimum Gasteiger partial charge on any atom is -0.481 e. The maximum Gasteiger partial charge on any atom is 0.425 e. The molecule has 0 N–H and O–H groups in total. The molecule has 142 valence electrons. The molecule has 0 aromatic carbocycles. The second-order valence-corrected chi connectivity index (χ2v) is 7.86. The van der Waals surface area contributed by atoms with Crippen LogP contribution >= 0.6 is 0 Å². The zero-order valence-corrected chi connectivity index (χ0v) is 15.4. The Morgan fingerprint density at radius 1 is 1.38 bits per heavy atom. The van der Waals surface area contributed by atoms with Crippen molar-refractivity contribution in [2.45, 2.75) is 65.2 Å². The van der Waals surface area contributed by atoms with E-state index in [-0.39, 0.29) is 35.0 Å². The highest BCUT2D eigenvalue weighted by molar-refractivity contribution is 5.95. The van der Waals surface area contributed by atoms with Crippen LogP contribution in [0.25, 0.3) is 0 Å². The summed E-state index contributed by atoms with van der Waals surface area (Å²) >= 11 is 0. The molecular formula is C19H23F3N2O2. The molecular weight excluding hydrogens is 345 g/mol. The molecule has 0 aliphatic heterocycles. The Labute approximate surface area is 151 Å². The largest absolute Gasteiger partial charge is 0.481 e. The third-order valence-corrected chi connectivity index (χ3v) is 4.55. The quantitative estimate of drug-likeness (QED) is 0.659. The number of Topliss-reactive ketones (excluding diaryl/α,β-unsaturated/α-hetero) is 1. The van der Waals surface area contributed by atoms with Crippen molar-refractivity contribution in [2.24, 2.45) is 11.3 Å². The molecule has 0 radical (unpaired) electrons.